The number of rotatable bonds is 6. The summed E-state index contributed by atoms with van der Waals surface area (Å²) in [6.45, 7) is 0.229. The van der Waals surface area contributed by atoms with Gasteiger partial charge in [-0.1, -0.05) is 24.3 Å². The Labute approximate surface area is 200 Å². The van der Waals surface area contributed by atoms with Crippen LogP contribution in [0.2, 0.25) is 0 Å². The number of carbonyl (C=O) groups is 3. The molecule has 2 aromatic carbocycles. The maximum Gasteiger partial charge on any atom is 0.255 e. The number of imide groups is 1. The summed E-state index contributed by atoms with van der Waals surface area (Å²) in [7, 11) is 0. The summed E-state index contributed by atoms with van der Waals surface area (Å²) in [5.41, 5.74) is 0.584. The van der Waals surface area contributed by atoms with Gasteiger partial charge in [0, 0.05) is 48.3 Å². The van der Waals surface area contributed by atoms with Crippen LogP contribution < -0.4 is 10.1 Å². The first-order chi connectivity index (χ1) is 17.6. The van der Waals surface area contributed by atoms with Gasteiger partial charge in [0.05, 0.1) is 23.8 Å². The fraction of sp³-hybridized carbons (Fsp3) is 0.400. The average Bonchev–Trinajstić information content (AvgIpc) is 3.09. The Hall–Kier alpha value is -3.30. The van der Waals surface area contributed by atoms with Crippen LogP contribution in [-0.2, 0) is 34.0 Å². The molecule has 0 saturated carbocycles. The van der Waals surface area contributed by atoms with Crippen LogP contribution in [0, 0.1) is 5.82 Å². The van der Waals surface area contributed by atoms with Gasteiger partial charge in [-0.3, -0.25) is 24.6 Å². The first-order valence-electron chi connectivity index (χ1n) is 12.6. The number of ether oxygens (including phenoxy) is 2. The molecule has 3 aliphatic heterocycles. The zero-order chi connectivity index (χ0) is 26.4. The number of morpholine rings is 1. The number of nitrogens with one attached hydrogen (secondary N) is 1. The minimum Gasteiger partial charge on any atom is -0.488 e. The Bertz CT molecular complexity index is 1270. The fourth-order valence-electron chi connectivity index (χ4n) is 4.26. The molecule has 0 bridgehead atoms. The molecule has 2 saturated heterocycles. The predicted molar refractivity (Wildman–Crippen MR) is 119 cm³/mol. The zero-order valence-corrected chi connectivity index (χ0v) is 18.4. The number of halogens is 1. The Balaban J connectivity index is 1.40. The molecule has 0 radical (unpaired) electrons. The highest BCUT2D eigenvalue weighted by molar-refractivity contribution is 6.05. The number of piperidine rings is 1. The highest BCUT2D eigenvalue weighted by Crippen LogP contribution is 2.34. The van der Waals surface area contributed by atoms with Gasteiger partial charge >= 0.3 is 0 Å². The van der Waals surface area contributed by atoms with Crippen molar-refractivity contribution in [3.8, 4) is 5.75 Å². The molecule has 2 aromatic rings. The average molecular weight is 471 g/mol. The third-order valence-corrected chi connectivity index (χ3v) is 6.10. The Kier molecular flexibility index (Phi) is 5.33. The van der Waals surface area contributed by atoms with Gasteiger partial charge < -0.3 is 14.4 Å². The molecule has 3 aliphatic rings. The zero-order valence-electron chi connectivity index (χ0n) is 21.4. The highest BCUT2D eigenvalue weighted by Gasteiger charge is 2.40. The highest BCUT2D eigenvalue weighted by atomic mass is 19.1. The van der Waals surface area contributed by atoms with E-state index in [9.17, 15) is 14.4 Å². The Morgan fingerprint density at radius 1 is 1.15 bits per heavy atom. The third-order valence-electron chi connectivity index (χ3n) is 6.10. The van der Waals surface area contributed by atoms with Gasteiger partial charge in [-0.15, -0.1) is 0 Å². The minimum absolute atomic E-state index is 0.00669. The van der Waals surface area contributed by atoms with Crippen LogP contribution in [-0.4, -0.2) is 59.8 Å². The SMILES string of the molecule is [2H]C1(N2C(=O)c3cccc(OCc4cccc(CN5CCOCC5)c4F)c3C2([2H])[2H])CCC(=O)NC1=O. The number of amides is 3. The maximum absolute atomic E-state index is 15.3. The molecule has 34 heavy (non-hydrogen) atoms. The molecule has 9 heteroatoms. The molecule has 1 unspecified atom stereocenters. The van der Waals surface area contributed by atoms with E-state index in [1.54, 1.807) is 18.2 Å². The predicted octanol–water partition coefficient (Wildman–Crippen LogP) is 2.00. The van der Waals surface area contributed by atoms with Gasteiger partial charge in [-0.2, -0.15) is 0 Å². The number of benzene rings is 2. The molecule has 1 atom stereocenters. The number of fused-ring (bicyclic) bond motifs is 1. The number of hydrogen-bond donors (Lipinski definition) is 1. The third kappa shape index (κ3) is 4.41. The van der Waals surface area contributed by atoms with Crippen LogP contribution in [0.4, 0.5) is 4.39 Å². The van der Waals surface area contributed by atoms with Crippen LogP contribution in [0.3, 0.4) is 0 Å². The summed E-state index contributed by atoms with van der Waals surface area (Å²) >= 11 is 0. The standard InChI is InChI=1S/C25H26FN3O5/c26-23-16(13-28-9-11-33-12-10-28)3-1-4-17(23)15-34-21-6-2-5-18-19(21)14-29(25(18)32)20-7-8-22(30)27-24(20)31/h1-6,20H,7-15H2,(H,27,30,31)/i14D2,20D. The lowest BCUT2D eigenvalue weighted by Crippen LogP contribution is -2.52. The lowest BCUT2D eigenvalue weighted by Gasteiger charge is -2.29. The summed E-state index contributed by atoms with van der Waals surface area (Å²) < 4.78 is 52.5. The van der Waals surface area contributed by atoms with Gasteiger partial charge in [-0.25, -0.2) is 4.39 Å². The molecule has 178 valence electrons. The van der Waals surface area contributed by atoms with Crippen molar-refractivity contribution in [2.45, 2.75) is 38.5 Å². The van der Waals surface area contributed by atoms with Crippen LogP contribution in [0.1, 0.15) is 44.0 Å². The van der Waals surface area contributed by atoms with E-state index in [0.29, 0.717) is 43.3 Å². The van der Waals surface area contributed by atoms with Gasteiger partial charge in [0.15, 0.2) is 0 Å². The van der Waals surface area contributed by atoms with Gasteiger partial charge in [0.1, 0.15) is 24.2 Å². The summed E-state index contributed by atoms with van der Waals surface area (Å²) in [4.78, 5) is 40.0. The second-order valence-corrected chi connectivity index (χ2v) is 8.32. The molecule has 8 nitrogen and oxygen atoms in total. The van der Waals surface area contributed by atoms with Crippen LogP contribution >= 0.6 is 0 Å². The molecule has 5 rings (SSSR count). The van der Waals surface area contributed by atoms with E-state index >= 15 is 4.39 Å². The van der Waals surface area contributed by atoms with E-state index in [-0.39, 0.29) is 41.9 Å². The molecule has 0 aromatic heterocycles. The van der Waals surface area contributed by atoms with Crippen molar-refractivity contribution in [3.63, 3.8) is 0 Å². The van der Waals surface area contributed by atoms with E-state index in [1.165, 1.54) is 18.2 Å². The summed E-state index contributed by atoms with van der Waals surface area (Å²) in [6, 6.07) is 7.05. The maximum atomic E-state index is 15.3. The van der Waals surface area contributed by atoms with Crippen molar-refractivity contribution in [2.75, 3.05) is 26.3 Å². The molecular weight excluding hydrogens is 441 g/mol. The molecule has 0 spiro atoms. The largest absolute Gasteiger partial charge is 0.488 e. The molecule has 1 N–H and O–H groups in total. The minimum atomic E-state index is -2.58. The van der Waals surface area contributed by atoms with Gasteiger partial charge in [0.2, 0.25) is 11.8 Å². The monoisotopic (exact) mass is 470 g/mol. The Morgan fingerprint density at radius 3 is 2.71 bits per heavy atom. The van der Waals surface area contributed by atoms with E-state index in [0.717, 1.165) is 0 Å². The topological polar surface area (TPSA) is 88.2 Å². The number of carbonyl (C=O) groups excluding carboxylic acids is 3. The number of nitrogens with zero attached hydrogens (tertiary/aromatic N) is 2. The van der Waals surface area contributed by atoms with Crippen molar-refractivity contribution >= 4 is 17.7 Å². The fourth-order valence-corrected chi connectivity index (χ4v) is 4.26. The number of hydrogen-bond acceptors (Lipinski definition) is 6. The second kappa shape index (κ2) is 9.52. The smallest absolute Gasteiger partial charge is 0.255 e. The molecule has 0 aliphatic carbocycles. The summed E-state index contributed by atoms with van der Waals surface area (Å²) in [5, 5.41) is 2.02. The first kappa shape index (κ1) is 19.1. The van der Waals surface area contributed by atoms with E-state index in [4.69, 9.17) is 13.6 Å². The molecular formula is C25H26FN3O5. The summed E-state index contributed by atoms with van der Waals surface area (Å²) in [6.07, 6.45) is -0.539. The van der Waals surface area contributed by atoms with Crippen LogP contribution in [0.25, 0.3) is 0 Å². The van der Waals surface area contributed by atoms with Gasteiger partial charge in [-0.05, 0) is 18.6 Å². The van der Waals surface area contributed by atoms with Crippen molar-refractivity contribution in [1.29, 1.82) is 0 Å². The van der Waals surface area contributed by atoms with E-state index in [1.807, 2.05) is 5.32 Å². The van der Waals surface area contributed by atoms with Crippen molar-refractivity contribution < 1.29 is 32.4 Å². The van der Waals surface area contributed by atoms with Crippen molar-refractivity contribution in [3.05, 3.63) is 64.5 Å². The normalized spacial score (nSPS) is 25.9. The van der Waals surface area contributed by atoms with Gasteiger partial charge in [0.25, 0.3) is 5.91 Å². The van der Waals surface area contributed by atoms with Crippen molar-refractivity contribution in [2.24, 2.45) is 0 Å². The molecule has 3 amide bonds. The second-order valence-electron chi connectivity index (χ2n) is 8.32. The quantitative estimate of drug-likeness (QED) is 0.650. The van der Waals surface area contributed by atoms with E-state index in [2.05, 4.69) is 4.90 Å². The molecule has 3 heterocycles. The lowest BCUT2D eigenvalue weighted by molar-refractivity contribution is -0.136. The Morgan fingerprint density at radius 2 is 1.91 bits per heavy atom. The van der Waals surface area contributed by atoms with E-state index < -0.39 is 36.1 Å². The lowest BCUT2D eigenvalue weighted by atomic mass is 10.0. The molecule has 2 fully saturated rings. The van der Waals surface area contributed by atoms with Crippen LogP contribution in [0.5, 0.6) is 5.75 Å². The summed E-state index contributed by atoms with van der Waals surface area (Å²) in [5.74, 6) is -2.92. The van der Waals surface area contributed by atoms with Crippen molar-refractivity contribution in [1.82, 2.24) is 15.1 Å². The van der Waals surface area contributed by atoms with Crippen LogP contribution in [0.15, 0.2) is 36.4 Å². The first-order valence-corrected chi connectivity index (χ1v) is 11.1.